The van der Waals surface area contributed by atoms with Crippen LogP contribution in [0, 0.1) is 0 Å². The van der Waals surface area contributed by atoms with E-state index in [1.807, 2.05) is 115 Å². The van der Waals surface area contributed by atoms with E-state index >= 15 is 0 Å². The van der Waals surface area contributed by atoms with Crippen LogP contribution in [0.2, 0.25) is 0 Å². The van der Waals surface area contributed by atoms with Gasteiger partial charge in [0.1, 0.15) is 11.5 Å². The molecule has 1 aliphatic heterocycles. The third-order valence-electron chi connectivity index (χ3n) is 7.41. The van der Waals surface area contributed by atoms with Crippen molar-refractivity contribution in [1.29, 1.82) is 0 Å². The number of benzene rings is 4. The highest BCUT2D eigenvalue weighted by Gasteiger charge is 2.52. The molecule has 0 saturated heterocycles. The molecule has 0 bridgehead atoms. The molecule has 0 unspecified atom stereocenters. The minimum absolute atomic E-state index is 0.0663. The van der Waals surface area contributed by atoms with Crippen LogP contribution in [-0.4, -0.2) is 42.8 Å². The van der Waals surface area contributed by atoms with Crippen LogP contribution in [-0.2, 0) is 16.1 Å². The van der Waals surface area contributed by atoms with E-state index in [0.29, 0.717) is 31.2 Å². The van der Waals surface area contributed by atoms with Gasteiger partial charge in [-0.15, -0.1) is 0 Å². The maximum atomic E-state index is 14.3. The Morgan fingerprint density at radius 2 is 1.73 bits per heavy atom. The van der Waals surface area contributed by atoms with Crippen molar-refractivity contribution in [2.75, 3.05) is 20.3 Å². The summed E-state index contributed by atoms with van der Waals surface area (Å²) < 4.78 is 18.7. The fourth-order valence-corrected chi connectivity index (χ4v) is 5.33. The largest absolute Gasteiger partial charge is 0.496 e. The molecule has 3 N–H and O–H groups in total. The number of para-hydroxylation sites is 1. The second-order valence-corrected chi connectivity index (χ2v) is 11.4. The van der Waals surface area contributed by atoms with Gasteiger partial charge in [-0.3, -0.25) is 10.2 Å². The van der Waals surface area contributed by atoms with E-state index in [4.69, 9.17) is 24.3 Å². The molecule has 232 valence electrons. The van der Waals surface area contributed by atoms with Crippen molar-refractivity contribution < 1.29 is 24.1 Å². The molecule has 1 heterocycles. The van der Waals surface area contributed by atoms with Crippen molar-refractivity contribution >= 4 is 33.8 Å². The molecule has 9 heteroatoms. The number of aliphatic imine (C=N–C) groups is 1. The van der Waals surface area contributed by atoms with Crippen LogP contribution in [0.15, 0.2) is 119 Å². The number of rotatable bonds is 14. The standard InChI is InChI=1S/C36H36BrN3O5/c1-43-32-13-6-5-12-29(32)25-38-40-35(42)36(22-7-11-26-9-3-2-4-10-26)33(27-14-18-30(37)19-15-27)45-34(39-36)28-16-20-31(21-17-28)44-24-8-23-41/h2-7,9-21,33,38,41H,8,22-25H2,1H3,(H,40,42)/b11-7+/t33-,36-/m0/s1. The lowest BCUT2D eigenvalue weighted by Gasteiger charge is -2.30. The monoisotopic (exact) mass is 669 g/mol. The molecule has 0 radical (unpaired) electrons. The molecule has 2 atom stereocenters. The van der Waals surface area contributed by atoms with Crippen LogP contribution in [0.1, 0.15) is 41.2 Å². The first-order valence-electron chi connectivity index (χ1n) is 14.8. The molecule has 0 spiro atoms. The summed E-state index contributed by atoms with van der Waals surface area (Å²) in [5, 5.41) is 9.06. The Morgan fingerprint density at radius 1 is 1.00 bits per heavy atom. The van der Waals surface area contributed by atoms with Gasteiger partial charge in [0.2, 0.25) is 5.90 Å². The van der Waals surface area contributed by atoms with Crippen LogP contribution in [0.3, 0.4) is 0 Å². The number of amides is 1. The van der Waals surface area contributed by atoms with Crippen LogP contribution in [0.5, 0.6) is 11.5 Å². The number of ether oxygens (including phenoxy) is 3. The van der Waals surface area contributed by atoms with Crippen molar-refractivity contribution in [3.63, 3.8) is 0 Å². The van der Waals surface area contributed by atoms with Crippen molar-refractivity contribution in [1.82, 2.24) is 10.9 Å². The molecular weight excluding hydrogens is 634 g/mol. The summed E-state index contributed by atoms with van der Waals surface area (Å²) in [6.45, 7) is 0.832. The highest BCUT2D eigenvalue weighted by Crippen LogP contribution is 2.43. The molecule has 0 saturated carbocycles. The molecule has 0 aromatic heterocycles. The molecule has 4 aromatic carbocycles. The number of halogens is 1. The van der Waals surface area contributed by atoms with E-state index in [2.05, 4.69) is 26.8 Å². The average Bonchev–Trinajstić information content (AvgIpc) is 3.47. The number of nitrogens with zero attached hydrogens (tertiary/aromatic N) is 1. The first-order chi connectivity index (χ1) is 22.0. The van der Waals surface area contributed by atoms with Gasteiger partial charge in [0.25, 0.3) is 5.91 Å². The SMILES string of the molecule is COc1ccccc1CNNC(=O)[C@@]1(C/C=C/c2ccccc2)N=C(c2ccc(OCCCO)cc2)O[C@H]1c1ccc(Br)cc1. The van der Waals surface area contributed by atoms with Crippen LogP contribution in [0.4, 0.5) is 0 Å². The number of hydrazine groups is 1. The summed E-state index contributed by atoms with van der Waals surface area (Å²) in [5.74, 6) is 1.42. The predicted molar refractivity (Wildman–Crippen MR) is 179 cm³/mol. The Kier molecular flexibility index (Phi) is 11.0. The molecule has 0 aliphatic carbocycles. The van der Waals surface area contributed by atoms with E-state index in [1.54, 1.807) is 7.11 Å². The number of carbonyl (C=O) groups excluding carboxylic acids is 1. The van der Waals surface area contributed by atoms with Gasteiger partial charge in [0.15, 0.2) is 11.6 Å². The Balaban J connectivity index is 1.49. The summed E-state index contributed by atoms with van der Waals surface area (Å²) >= 11 is 3.52. The van der Waals surface area contributed by atoms with E-state index in [-0.39, 0.29) is 18.9 Å². The normalized spacial score (nSPS) is 17.5. The number of carbonyl (C=O) groups is 1. The van der Waals surface area contributed by atoms with Crippen LogP contribution < -0.4 is 20.3 Å². The second-order valence-electron chi connectivity index (χ2n) is 10.5. The van der Waals surface area contributed by atoms with Crippen molar-refractivity contribution in [2.45, 2.75) is 31.0 Å². The van der Waals surface area contributed by atoms with Gasteiger partial charge in [0.05, 0.1) is 13.7 Å². The Hall–Kier alpha value is -4.44. The molecule has 5 rings (SSSR count). The van der Waals surface area contributed by atoms with E-state index < -0.39 is 11.6 Å². The lowest BCUT2D eigenvalue weighted by atomic mass is 9.84. The average molecular weight is 671 g/mol. The number of aliphatic hydroxyl groups excluding tert-OH is 1. The van der Waals surface area contributed by atoms with Gasteiger partial charge >= 0.3 is 0 Å². The Bertz CT molecular complexity index is 1610. The second kappa shape index (κ2) is 15.5. The number of methoxy groups -OCH3 is 1. The summed E-state index contributed by atoms with van der Waals surface area (Å²) in [6, 6.07) is 32.7. The van der Waals surface area contributed by atoms with Crippen molar-refractivity contribution in [2.24, 2.45) is 4.99 Å². The Morgan fingerprint density at radius 3 is 2.47 bits per heavy atom. The fourth-order valence-electron chi connectivity index (χ4n) is 5.07. The number of aliphatic hydroxyl groups is 1. The number of hydrogen-bond donors (Lipinski definition) is 3. The lowest BCUT2D eigenvalue weighted by molar-refractivity contribution is -0.129. The third-order valence-corrected chi connectivity index (χ3v) is 7.94. The van der Waals surface area contributed by atoms with Gasteiger partial charge < -0.3 is 19.3 Å². The highest BCUT2D eigenvalue weighted by atomic mass is 79.9. The van der Waals surface area contributed by atoms with Crippen molar-refractivity contribution in [3.05, 3.63) is 136 Å². The van der Waals surface area contributed by atoms with Gasteiger partial charge in [-0.25, -0.2) is 10.4 Å². The zero-order chi connectivity index (χ0) is 31.5. The predicted octanol–water partition coefficient (Wildman–Crippen LogP) is 6.40. The molecule has 4 aromatic rings. The molecule has 0 fully saturated rings. The van der Waals surface area contributed by atoms with Gasteiger partial charge in [-0.2, -0.15) is 0 Å². The van der Waals surface area contributed by atoms with Gasteiger partial charge in [-0.1, -0.05) is 88.7 Å². The van der Waals surface area contributed by atoms with Crippen LogP contribution in [0.25, 0.3) is 6.08 Å². The Labute approximate surface area is 271 Å². The lowest BCUT2D eigenvalue weighted by Crippen LogP contribution is -2.52. The van der Waals surface area contributed by atoms with Crippen molar-refractivity contribution in [3.8, 4) is 11.5 Å². The third kappa shape index (κ3) is 7.99. The van der Waals surface area contributed by atoms with E-state index in [1.165, 1.54) is 0 Å². The first-order valence-corrected chi connectivity index (χ1v) is 15.5. The molecule has 1 amide bonds. The molecule has 8 nitrogen and oxygen atoms in total. The molecular formula is C36H36BrN3O5. The summed E-state index contributed by atoms with van der Waals surface area (Å²) in [5.41, 5.74) is 8.11. The highest BCUT2D eigenvalue weighted by molar-refractivity contribution is 9.10. The van der Waals surface area contributed by atoms with Gasteiger partial charge in [0, 0.05) is 41.6 Å². The fraction of sp³-hybridized carbons (Fsp3) is 0.222. The smallest absolute Gasteiger partial charge is 0.266 e. The summed E-state index contributed by atoms with van der Waals surface area (Å²) in [6.07, 6.45) is 4.06. The summed E-state index contributed by atoms with van der Waals surface area (Å²) in [4.78, 5) is 19.4. The number of nitrogens with one attached hydrogen (secondary N) is 2. The zero-order valence-electron chi connectivity index (χ0n) is 25.0. The quantitative estimate of drug-likeness (QED) is 0.106. The van der Waals surface area contributed by atoms with Gasteiger partial charge in [-0.05, 0) is 53.6 Å². The van der Waals surface area contributed by atoms with Crippen LogP contribution >= 0.6 is 15.9 Å². The minimum Gasteiger partial charge on any atom is -0.496 e. The first kappa shape index (κ1) is 32.0. The van der Waals surface area contributed by atoms with E-state index in [0.717, 1.165) is 32.5 Å². The summed E-state index contributed by atoms with van der Waals surface area (Å²) in [7, 11) is 1.62. The minimum atomic E-state index is -1.33. The number of hydrogen-bond acceptors (Lipinski definition) is 7. The zero-order valence-corrected chi connectivity index (χ0v) is 26.6. The molecule has 45 heavy (non-hydrogen) atoms. The maximum Gasteiger partial charge on any atom is 0.266 e. The van der Waals surface area contributed by atoms with E-state index in [9.17, 15) is 4.79 Å². The topological polar surface area (TPSA) is 101 Å². The maximum absolute atomic E-state index is 14.3. The molecule has 1 aliphatic rings.